The molecule has 0 aliphatic carbocycles. The molecule has 6 nitrogen and oxygen atoms in total. The standard InChI is InChI=1S/C18H24ClN3O3S/c1-6-22(7-2)17(23)14-10(3)20-18(26)21-15(14)11-8-12(19)16(25-5)13(9-11)24-4/h8-9,15H,6-7H2,1-5H3,(H2,20,21,26)/t15-/m0/s1. The van der Waals surface area contributed by atoms with Crippen molar-refractivity contribution in [3.05, 3.63) is 34.0 Å². The van der Waals surface area contributed by atoms with Gasteiger partial charge in [-0.05, 0) is 50.7 Å². The molecule has 0 bridgehead atoms. The van der Waals surface area contributed by atoms with E-state index >= 15 is 0 Å². The molecule has 1 aliphatic rings. The second-order valence-corrected chi connectivity index (χ2v) is 6.60. The molecule has 1 aromatic rings. The highest BCUT2D eigenvalue weighted by atomic mass is 35.5. The minimum Gasteiger partial charge on any atom is -0.493 e. The fourth-order valence-corrected chi connectivity index (χ4v) is 3.58. The van der Waals surface area contributed by atoms with Crippen LogP contribution in [0.1, 0.15) is 32.4 Å². The first-order valence-electron chi connectivity index (χ1n) is 8.36. The monoisotopic (exact) mass is 397 g/mol. The van der Waals surface area contributed by atoms with Crippen molar-refractivity contribution in [2.24, 2.45) is 0 Å². The van der Waals surface area contributed by atoms with E-state index in [-0.39, 0.29) is 5.91 Å². The Kier molecular flexibility index (Phi) is 6.72. The van der Waals surface area contributed by atoms with E-state index in [4.69, 9.17) is 33.3 Å². The lowest BCUT2D eigenvalue weighted by atomic mass is 9.94. The van der Waals surface area contributed by atoms with Crippen molar-refractivity contribution in [2.45, 2.75) is 26.8 Å². The molecule has 1 amide bonds. The van der Waals surface area contributed by atoms with Crippen molar-refractivity contribution in [1.29, 1.82) is 0 Å². The highest BCUT2D eigenvalue weighted by Gasteiger charge is 2.32. The number of halogens is 1. The van der Waals surface area contributed by atoms with Gasteiger partial charge in [-0.25, -0.2) is 0 Å². The second kappa shape index (κ2) is 8.60. The topological polar surface area (TPSA) is 62.8 Å². The predicted molar refractivity (Wildman–Crippen MR) is 107 cm³/mol. The number of hydrogen-bond donors (Lipinski definition) is 2. The number of rotatable bonds is 6. The van der Waals surface area contributed by atoms with Gasteiger partial charge in [-0.15, -0.1) is 0 Å². The first-order chi connectivity index (χ1) is 12.4. The third-order valence-corrected chi connectivity index (χ3v) is 4.84. The van der Waals surface area contributed by atoms with E-state index in [0.717, 1.165) is 11.3 Å². The lowest BCUT2D eigenvalue weighted by molar-refractivity contribution is -0.127. The minimum absolute atomic E-state index is 0.0501. The number of amides is 1. The van der Waals surface area contributed by atoms with Gasteiger partial charge < -0.3 is 25.0 Å². The molecule has 2 rings (SSSR count). The van der Waals surface area contributed by atoms with E-state index in [1.807, 2.05) is 20.8 Å². The van der Waals surface area contributed by atoms with E-state index in [1.165, 1.54) is 7.11 Å². The van der Waals surface area contributed by atoms with Gasteiger partial charge in [0.05, 0.1) is 30.9 Å². The van der Waals surface area contributed by atoms with Crippen molar-refractivity contribution < 1.29 is 14.3 Å². The average molecular weight is 398 g/mol. The zero-order chi connectivity index (χ0) is 19.4. The van der Waals surface area contributed by atoms with Gasteiger partial charge in [-0.1, -0.05) is 11.6 Å². The zero-order valence-corrected chi connectivity index (χ0v) is 17.2. The van der Waals surface area contributed by atoms with Gasteiger partial charge in [0.1, 0.15) is 0 Å². The van der Waals surface area contributed by atoms with Crippen LogP contribution in [0.5, 0.6) is 11.5 Å². The number of likely N-dealkylation sites (N-methyl/N-ethyl adjacent to an activating group) is 1. The number of ether oxygens (including phenoxy) is 2. The molecule has 1 aliphatic heterocycles. The molecule has 0 radical (unpaired) electrons. The maximum Gasteiger partial charge on any atom is 0.253 e. The molecule has 1 heterocycles. The molecule has 0 aromatic heterocycles. The van der Waals surface area contributed by atoms with E-state index in [1.54, 1.807) is 24.1 Å². The van der Waals surface area contributed by atoms with Gasteiger partial charge in [-0.3, -0.25) is 4.79 Å². The van der Waals surface area contributed by atoms with Gasteiger partial charge in [0.15, 0.2) is 16.6 Å². The number of nitrogens with zero attached hydrogens (tertiary/aromatic N) is 1. The van der Waals surface area contributed by atoms with Crippen molar-refractivity contribution >= 4 is 34.8 Å². The summed E-state index contributed by atoms with van der Waals surface area (Å²) < 4.78 is 10.7. The quantitative estimate of drug-likeness (QED) is 0.719. The Morgan fingerprint density at radius 3 is 2.46 bits per heavy atom. The molecule has 1 atom stereocenters. The molecule has 0 saturated carbocycles. The van der Waals surface area contributed by atoms with E-state index in [0.29, 0.717) is 40.3 Å². The number of carbonyl (C=O) groups is 1. The summed E-state index contributed by atoms with van der Waals surface area (Å²) in [6.45, 7) is 6.99. The van der Waals surface area contributed by atoms with Crippen LogP contribution in [0.15, 0.2) is 23.4 Å². The molecule has 0 unspecified atom stereocenters. The normalized spacial score (nSPS) is 16.7. The highest BCUT2D eigenvalue weighted by Crippen LogP contribution is 2.40. The van der Waals surface area contributed by atoms with Gasteiger partial charge in [-0.2, -0.15) is 0 Å². The summed E-state index contributed by atoms with van der Waals surface area (Å²) in [6.07, 6.45) is 0. The molecular weight excluding hydrogens is 374 g/mol. The minimum atomic E-state index is -0.436. The van der Waals surface area contributed by atoms with E-state index in [2.05, 4.69) is 10.6 Å². The zero-order valence-electron chi connectivity index (χ0n) is 15.6. The molecular formula is C18H24ClN3O3S. The van der Waals surface area contributed by atoms with Crippen LogP contribution in [0.3, 0.4) is 0 Å². The summed E-state index contributed by atoms with van der Waals surface area (Å²) in [4.78, 5) is 14.8. The van der Waals surface area contributed by atoms with Gasteiger partial charge >= 0.3 is 0 Å². The first-order valence-corrected chi connectivity index (χ1v) is 9.15. The van der Waals surface area contributed by atoms with Crippen LogP contribution >= 0.6 is 23.8 Å². The fourth-order valence-electron chi connectivity index (χ4n) is 3.01. The van der Waals surface area contributed by atoms with E-state index in [9.17, 15) is 4.79 Å². The van der Waals surface area contributed by atoms with Crippen LogP contribution in [-0.2, 0) is 4.79 Å². The van der Waals surface area contributed by atoms with Gasteiger partial charge in [0.2, 0.25) is 0 Å². The van der Waals surface area contributed by atoms with Crippen molar-refractivity contribution in [2.75, 3.05) is 27.3 Å². The first kappa shape index (κ1) is 20.3. The van der Waals surface area contributed by atoms with Crippen molar-refractivity contribution in [3.63, 3.8) is 0 Å². The van der Waals surface area contributed by atoms with Gasteiger partial charge in [0.25, 0.3) is 5.91 Å². The largest absolute Gasteiger partial charge is 0.493 e. The Balaban J connectivity index is 2.58. The van der Waals surface area contributed by atoms with Crippen LogP contribution in [-0.4, -0.2) is 43.2 Å². The molecule has 26 heavy (non-hydrogen) atoms. The Hall–Kier alpha value is -1.99. The Morgan fingerprint density at radius 1 is 1.27 bits per heavy atom. The van der Waals surface area contributed by atoms with E-state index < -0.39 is 6.04 Å². The summed E-state index contributed by atoms with van der Waals surface area (Å²) in [5, 5.41) is 7.07. The highest BCUT2D eigenvalue weighted by molar-refractivity contribution is 7.80. The lowest BCUT2D eigenvalue weighted by Gasteiger charge is -2.33. The van der Waals surface area contributed by atoms with Crippen LogP contribution in [0.4, 0.5) is 0 Å². The molecule has 8 heteroatoms. The molecule has 0 fully saturated rings. The Labute approximate surface area is 164 Å². The summed E-state index contributed by atoms with van der Waals surface area (Å²) in [6, 6.07) is 3.13. The van der Waals surface area contributed by atoms with Crippen LogP contribution in [0, 0.1) is 0 Å². The van der Waals surface area contributed by atoms with Crippen LogP contribution in [0.25, 0.3) is 0 Å². The lowest BCUT2D eigenvalue weighted by Crippen LogP contribution is -2.47. The van der Waals surface area contributed by atoms with Crippen LogP contribution < -0.4 is 20.1 Å². The summed E-state index contributed by atoms with van der Waals surface area (Å²) in [5.74, 6) is 0.895. The number of benzene rings is 1. The third-order valence-electron chi connectivity index (χ3n) is 4.34. The number of thiocarbonyl (C=S) groups is 1. The maximum atomic E-state index is 13.1. The number of allylic oxidation sites excluding steroid dienone is 1. The molecule has 0 spiro atoms. The second-order valence-electron chi connectivity index (χ2n) is 5.79. The number of carbonyl (C=O) groups excluding carboxylic acids is 1. The SMILES string of the molecule is CCN(CC)C(=O)C1=C(C)NC(=S)N[C@H]1c1cc(Cl)c(OC)c(OC)c1. The summed E-state index contributed by atoms with van der Waals surface area (Å²) >= 11 is 11.7. The smallest absolute Gasteiger partial charge is 0.253 e. The fraction of sp³-hybridized carbons (Fsp3) is 0.444. The van der Waals surface area contributed by atoms with Crippen molar-refractivity contribution in [3.8, 4) is 11.5 Å². The van der Waals surface area contributed by atoms with Gasteiger partial charge in [0, 0.05) is 18.8 Å². The van der Waals surface area contributed by atoms with Crippen LogP contribution in [0.2, 0.25) is 5.02 Å². The molecule has 2 N–H and O–H groups in total. The summed E-state index contributed by atoms with van der Waals surface area (Å²) in [7, 11) is 3.07. The third kappa shape index (κ3) is 3.88. The Morgan fingerprint density at radius 2 is 1.92 bits per heavy atom. The summed E-state index contributed by atoms with van der Waals surface area (Å²) in [5.41, 5.74) is 2.10. The maximum absolute atomic E-state index is 13.1. The predicted octanol–water partition coefficient (Wildman–Crippen LogP) is 3.02. The number of methoxy groups -OCH3 is 2. The average Bonchev–Trinajstić information content (AvgIpc) is 2.61. The number of hydrogen-bond acceptors (Lipinski definition) is 4. The number of nitrogens with one attached hydrogen (secondary N) is 2. The Bertz CT molecular complexity index is 747. The molecule has 142 valence electrons. The molecule has 0 saturated heterocycles. The van der Waals surface area contributed by atoms with Crippen molar-refractivity contribution in [1.82, 2.24) is 15.5 Å². The molecule has 1 aromatic carbocycles.